The predicted molar refractivity (Wildman–Crippen MR) is 145 cm³/mol. The van der Waals surface area contributed by atoms with Gasteiger partial charge in [0.05, 0.1) is 32.7 Å². The van der Waals surface area contributed by atoms with Gasteiger partial charge in [-0.2, -0.15) is 0 Å². The molecule has 0 unspecified atom stereocenters. The summed E-state index contributed by atoms with van der Waals surface area (Å²) in [5, 5.41) is 44.6. The number of nitrogens with one attached hydrogen (secondary N) is 2. The second-order valence-electron chi connectivity index (χ2n) is 9.08. The molecule has 14 nitrogen and oxygen atoms in total. The molecule has 0 saturated carbocycles. The molecule has 0 saturated heterocycles. The molecular formula is C26H35N5O9. The third-order valence-electron chi connectivity index (χ3n) is 5.82. The molecule has 0 atom stereocenters. The summed E-state index contributed by atoms with van der Waals surface area (Å²) in [6.45, 7) is -1.36. The fourth-order valence-electron chi connectivity index (χ4n) is 4.07. The van der Waals surface area contributed by atoms with Gasteiger partial charge in [-0.1, -0.05) is 36.4 Å². The van der Waals surface area contributed by atoms with E-state index >= 15 is 0 Å². The first-order valence-corrected chi connectivity index (χ1v) is 12.6. The van der Waals surface area contributed by atoms with Crippen LogP contribution >= 0.6 is 0 Å². The second-order valence-corrected chi connectivity index (χ2v) is 9.08. The lowest BCUT2D eigenvalue weighted by molar-refractivity contribution is -0.143. The van der Waals surface area contributed by atoms with Crippen LogP contribution in [0, 0.1) is 0 Å². The van der Waals surface area contributed by atoms with Gasteiger partial charge < -0.3 is 31.1 Å². The maximum Gasteiger partial charge on any atom is 0.317 e. The Labute approximate surface area is 230 Å². The van der Waals surface area contributed by atoms with Crippen LogP contribution in [-0.2, 0) is 24.0 Å². The molecule has 2 rings (SSSR count). The van der Waals surface area contributed by atoms with E-state index in [0.29, 0.717) is 6.54 Å². The first-order chi connectivity index (χ1) is 19.0. The van der Waals surface area contributed by atoms with Gasteiger partial charge >= 0.3 is 23.9 Å². The summed E-state index contributed by atoms with van der Waals surface area (Å²) >= 11 is 0. The number of benzene rings is 2. The monoisotopic (exact) mass is 561 g/mol. The molecule has 2 aromatic carbocycles. The third kappa shape index (κ3) is 12.5. The molecule has 0 aliphatic carbocycles. The minimum absolute atomic E-state index is 0.0276. The van der Waals surface area contributed by atoms with Gasteiger partial charge in [0.1, 0.15) is 0 Å². The van der Waals surface area contributed by atoms with Crippen LogP contribution < -0.4 is 10.6 Å². The number of anilines is 1. The molecule has 40 heavy (non-hydrogen) atoms. The fourth-order valence-corrected chi connectivity index (χ4v) is 4.07. The average Bonchev–Trinajstić information content (AvgIpc) is 2.86. The first kappa shape index (κ1) is 31.9. The van der Waals surface area contributed by atoms with Crippen molar-refractivity contribution in [3.05, 3.63) is 42.5 Å². The van der Waals surface area contributed by atoms with Crippen LogP contribution in [0.4, 0.5) is 5.69 Å². The number of nitrogens with zero attached hydrogens (tertiary/aromatic N) is 3. The van der Waals surface area contributed by atoms with Crippen LogP contribution in [0.2, 0.25) is 0 Å². The molecule has 0 spiro atoms. The van der Waals surface area contributed by atoms with Crippen molar-refractivity contribution in [1.29, 1.82) is 0 Å². The zero-order valence-electron chi connectivity index (χ0n) is 22.0. The van der Waals surface area contributed by atoms with Gasteiger partial charge in [0.15, 0.2) is 0 Å². The Bertz CT molecular complexity index is 1150. The third-order valence-corrected chi connectivity index (χ3v) is 5.82. The number of carbonyl (C=O) groups is 5. The lowest BCUT2D eigenvalue weighted by atomic mass is 10.1. The number of rotatable bonds is 20. The number of carboxylic acids is 4. The number of aliphatic carboxylic acids is 4. The van der Waals surface area contributed by atoms with Crippen LogP contribution in [0.5, 0.6) is 0 Å². The molecular weight excluding hydrogens is 526 g/mol. The van der Waals surface area contributed by atoms with Gasteiger partial charge in [-0.05, 0) is 11.5 Å². The normalized spacial score (nSPS) is 11.2. The number of amides is 1. The Balaban J connectivity index is 1.87. The van der Waals surface area contributed by atoms with Crippen molar-refractivity contribution in [1.82, 2.24) is 20.0 Å². The Morgan fingerprint density at radius 3 is 1.62 bits per heavy atom. The van der Waals surface area contributed by atoms with Crippen LogP contribution in [-0.4, -0.2) is 137 Å². The van der Waals surface area contributed by atoms with Gasteiger partial charge in [0.2, 0.25) is 5.91 Å². The average molecular weight is 562 g/mol. The van der Waals surface area contributed by atoms with E-state index in [1.165, 1.54) is 9.80 Å². The van der Waals surface area contributed by atoms with Crippen LogP contribution in [0.25, 0.3) is 10.8 Å². The number of fused-ring (bicyclic) bond motifs is 1. The summed E-state index contributed by atoms with van der Waals surface area (Å²) in [6, 6.07) is 13.7. The summed E-state index contributed by atoms with van der Waals surface area (Å²) in [7, 11) is 0. The Morgan fingerprint density at radius 2 is 1.05 bits per heavy atom. The summed E-state index contributed by atoms with van der Waals surface area (Å²) in [6.07, 6.45) is 0. The van der Waals surface area contributed by atoms with Crippen LogP contribution in [0.3, 0.4) is 0 Å². The van der Waals surface area contributed by atoms with Crippen molar-refractivity contribution in [2.24, 2.45) is 0 Å². The van der Waals surface area contributed by atoms with E-state index in [4.69, 9.17) is 10.2 Å². The van der Waals surface area contributed by atoms with Crippen molar-refractivity contribution in [3.63, 3.8) is 0 Å². The fraction of sp³-hybridized carbons (Fsp3) is 0.423. The van der Waals surface area contributed by atoms with Crippen LogP contribution in [0.1, 0.15) is 0 Å². The van der Waals surface area contributed by atoms with Gasteiger partial charge in [-0.3, -0.25) is 38.7 Å². The Morgan fingerprint density at radius 1 is 0.575 bits per heavy atom. The standard InChI is InChI=1S/C26H35N5O9/c32-22(28-9-8-27-21-7-3-5-19-4-1-2-6-20(19)21)14-30(16-24(35)36)12-10-29(15-23(33)34)11-13-31(17-25(37)38)18-26(39)40/h1-7,27H,8-18H2,(H,28,32)(H,33,34)(H,35,36)(H,37,38)(H,39,40). The molecule has 0 aliphatic heterocycles. The van der Waals surface area contributed by atoms with Crippen molar-refractivity contribution in [2.45, 2.75) is 0 Å². The van der Waals surface area contributed by atoms with Crippen molar-refractivity contribution >= 4 is 46.2 Å². The van der Waals surface area contributed by atoms with E-state index in [9.17, 15) is 34.2 Å². The minimum atomic E-state index is -1.23. The number of carbonyl (C=O) groups excluding carboxylic acids is 1. The smallest absolute Gasteiger partial charge is 0.317 e. The van der Waals surface area contributed by atoms with Gasteiger partial charge in [0, 0.05) is 50.3 Å². The molecule has 0 aromatic heterocycles. The molecule has 0 heterocycles. The summed E-state index contributed by atoms with van der Waals surface area (Å²) in [5.41, 5.74) is 0.920. The Kier molecular flexibility index (Phi) is 13.3. The van der Waals surface area contributed by atoms with Crippen molar-refractivity contribution in [3.8, 4) is 0 Å². The number of hydrogen-bond acceptors (Lipinski definition) is 9. The summed E-state index contributed by atoms with van der Waals surface area (Å²) in [4.78, 5) is 61.1. The maximum atomic E-state index is 12.5. The predicted octanol–water partition coefficient (Wildman–Crippen LogP) is -0.388. The van der Waals surface area contributed by atoms with E-state index in [-0.39, 0.29) is 39.3 Å². The highest BCUT2D eigenvalue weighted by Crippen LogP contribution is 2.22. The summed E-state index contributed by atoms with van der Waals surface area (Å²) in [5.74, 6) is -5.18. The molecule has 0 fully saturated rings. The highest BCUT2D eigenvalue weighted by Gasteiger charge is 2.19. The lowest BCUT2D eigenvalue weighted by Crippen LogP contribution is -2.46. The molecule has 0 bridgehead atoms. The number of carboxylic acid groups (broad SMARTS) is 4. The Hall–Kier alpha value is -4.27. The van der Waals surface area contributed by atoms with Gasteiger partial charge in [0.25, 0.3) is 0 Å². The van der Waals surface area contributed by atoms with Crippen LogP contribution in [0.15, 0.2) is 42.5 Å². The van der Waals surface area contributed by atoms with Crippen molar-refractivity contribution < 1.29 is 44.4 Å². The molecule has 218 valence electrons. The maximum absolute atomic E-state index is 12.5. The largest absolute Gasteiger partial charge is 0.480 e. The second kappa shape index (κ2) is 16.6. The number of hydrogen-bond donors (Lipinski definition) is 6. The van der Waals surface area contributed by atoms with E-state index < -0.39 is 56.0 Å². The molecule has 1 amide bonds. The van der Waals surface area contributed by atoms with Gasteiger partial charge in [-0.25, -0.2) is 0 Å². The topological polar surface area (TPSA) is 200 Å². The zero-order chi connectivity index (χ0) is 29.5. The highest BCUT2D eigenvalue weighted by molar-refractivity contribution is 5.93. The van der Waals surface area contributed by atoms with E-state index in [0.717, 1.165) is 21.4 Å². The minimum Gasteiger partial charge on any atom is -0.480 e. The first-order valence-electron chi connectivity index (χ1n) is 12.6. The highest BCUT2D eigenvalue weighted by atomic mass is 16.4. The van der Waals surface area contributed by atoms with E-state index in [1.807, 2.05) is 42.5 Å². The van der Waals surface area contributed by atoms with Gasteiger partial charge in [-0.15, -0.1) is 0 Å². The quantitative estimate of drug-likeness (QED) is 0.114. The lowest BCUT2D eigenvalue weighted by Gasteiger charge is -2.27. The molecule has 0 radical (unpaired) electrons. The van der Waals surface area contributed by atoms with Crippen molar-refractivity contribution in [2.75, 3.05) is 77.3 Å². The van der Waals surface area contributed by atoms with E-state index in [2.05, 4.69) is 10.6 Å². The molecule has 2 aromatic rings. The zero-order valence-corrected chi connectivity index (χ0v) is 22.0. The van der Waals surface area contributed by atoms with E-state index in [1.54, 1.807) is 0 Å². The SMILES string of the molecule is O=C(O)CN(CCN(CC(=O)O)CC(=O)O)CCN(CC(=O)O)CC(=O)NCCNc1cccc2ccccc12. The molecule has 6 N–H and O–H groups in total. The molecule has 14 heteroatoms. The summed E-state index contributed by atoms with van der Waals surface area (Å²) < 4.78 is 0. The molecule has 0 aliphatic rings.